The number of nitrogens with one attached hydrogen (secondary N) is 1. The molecule has 0 atom stereocenters. The Labute approximate surface area is 144 Å². The summed E-state index contributed by atoms with van der Waals surface area (Å²) in [5, 5.41) is 3.23. The third-order valence-corrected chi connectivity index (χ3v) is 4.88. The maximum atomic E-state index is 12.6. The Morgan fingerprint density at radius 3 is 2.83 bits per heavy atom. The molecule has 0 amide bonds. The maximum absolute atomic E-state index is 12.6. The summed E-state index contributed by atoms with van der Waals surface area (Å²) in [4.78, 5) is 10.7. The molecule has 0 unspecified atom stereocenters. The predicted octanol–water partition coefficient (Wildman–Crippen LogP) is 2.74. The van der Waals surface area contributed by atoms with Gasteiger partial charge in [0.1, 0.15) is 18.9 Å². The summed E-state index contributed by atoms with van der Waals surface area (Å²) in [6.07, 6.45) is -1.55. The minimum atomic E-state index is -4.27. The van der Waals surface area contributed by atoms with Crippen molar-refractivity contribution in [3.05, 3.63) is 18.2 Å². The molecule has 24 heavy (non-hydrogen) atoms. The van der Waals surface area contributed by atoms with E-state index in [1.807, 2.05) is 18.7 Å². The molecule has 0 bridgehead atoms. The fourth-order valence-electron chi connectivity index (χ4n) is 2.60. The van der Waals surface area contributed by atoms with Crippen LogP contribution in [0.1, 0.15) is 26.6 Å². The van der Waals surface area contributed by atoms with E-state index in [4.69, 9.17) is 0 Å². The van der Waals surface area contributed by atoms with Gasteiger partial charge >= 0.3 is 6.18 Å². The average molecular weight is 363 g/mol. The van der Waals surface area contributed by atoms with E-state index >= 15 is 0 Å². The molecule has 0 aromatic carbocycles. The van der Waals surface area contributed by atoms with Crippen molar-refractivity contribution in [1.82, 2.24) is 19.8 Å². The molecule has 1 N–H and O–H groups in total. The van der Waals surface area contributed by atoms with E-state index in [1.54, 1.807) is 0 Å². The number of nitrogens with zero attached hydrogens (tertiary/aromatic N) is 4. The molecule has 0 radical (unpaired) electrons. The molecule has 1 aromatic rings. The average Bonchev–Trinajstić information content (AvgIpc) is 2.87. The van der Waals surface area contributed by atoms with Crippen molar-refractivity contribution in [2.24, 2.45) is 4.99 Å². The lowest BCUT2D eigenvalue weighted by atomic mass is 10.2. The molecule has 1 aliphatic rings. The van der Waals surface area contributed by atoms with E-state index < -0.39 is 12.7 Å². The van der Waals surface area contributed by atoms with Gasteiger partial charge in [0.15, 0.2) is 5.96 Å². The van der Waals surface area contributed by atoms with Gasteiger partial charge in [-0.1, -0.05) is 0 Å². The van der Waals surface area contributed by atoms with E-state index in [9.17, 15) is 13.2 Å². The third kappa shape index (κ3) is 5.61. The monoisotopic (exact) mass is 363 g/mol. The van der Waals surface area contributed by atoms with Gasteiger partial charge in [-0.15, -0.1) is 0 Å². The Morgan fingerprint density at radius 2 is 2.21 bits per heavy atom. The highest BCUT2D eigenvalue weighted by molar-refractivity contribution is 8.00. The number of hydrogen-bond donors (Lipinski definition) is 1. The van der Waals surface area contributed by atoms with Gasteiger partial charge in [0.05, 0.1) is 0 Å². The molecule has 2 heterocycles. The fraction of sp³-hybridized carbons (Fsp3) is 0.733. The van der Waals surface area contributed by atoms with Crippen molar-refractivity contribution in [2.45, 2.75) is 44.8 Å². The van der Waals surface area contributed by atoms with Crippen molar-refractivity contribution in [2.75, 3.05) is 25.4 Å². The standard InChI is InChI=1S/C15H24F3N5S/c1-4-19-13(23-7-8-24-14(2,3)10-23)21-9-12-20-5-6-22(12)11-15(16,17)18/h5-6H,4,7-11H2,1-3H3,(H,19,21). The Hall–Kier alpha value is -1.38. The van der Waals surface area contributed by atoms with Gasteiger partial charge in [0, 0.05) is 42.5 Å². The van der Waals surface area contributed by atoms with Gasteiger partial charge in [-0.3, -0.25) is 0 Å². The Bertz CT molecular complexity index is 568. The number of aliphatic imine (C=N–C) groups is 1. The van der Waals surface area contributed by atoms with Gasteiger partial charge in [-0.05, 0) is 20.8 Å². The van der Waals surface area contributed by atoms with Crippen molar-refractivity contribution >= 4 is 17.7 Å². The van der Waals surface area contributed by atoms with Crippen molar-refractivity contribution in [3.8, 4) is 0 Å². The fourth-order valence-corrected chi connectivity index (χ4v) is 3.71. The van der Waals surface area contributed by atoms with Crippen LogP contribution in [0.15, 0.2) is 17.4 Å². The highest BCUT2D eigenvalue weighted by atomic mass is 32.2. The molecule has 1 aromatic heterocycles. The summed E-state index contributed by atoms with van der Waals surface area (Å²) < 4.78 is 39.0. The zero-order valence-corrected chi connectivity index (χ0v) is 15.0. The van der Waals surface area contributed by atoms with Crippen LogP contribution in [-0.4, -0.2) is 56.7 Å². The van der Waals surface area contributed by atoms with Crippen molar-refractivity contribution < 1.29 is 13.2 Å². The van der Waals surface area contributed by atoms with Gasteiger partial charge in [0.2, 0.25) is 0 Å². The summed E-state index contributed by atoms with van der Waals surface area (Å²) in [7, 11) is 0. The Kier molecular flexibility index (Phi) is 6.06. The van der Waals surface area contributed by atoms with E-state index in [-0.39, 0.29) is 11.3 Å². The van der Waals surface area contributed by atoms with Gasteiger partial charge in [-0.25, -0.2) is 9.98 Å². The number of thioether (sulfide) groups is 1. The van der Waals surface area contributed by atoms with E-state index in [0.29, 0.717) is 12.4 Å². The summed E-state index contributed by atoms with van der Waals surface area (Å²) >= 11 is 1.92. The van der Waals surface area contributed by atoms with Crippen LogP contribution in [0.3, 0.4) is 0 Å². The molecule has 1 fully saturated rings. The first-order valence-corrected chi connectivity index (χ1v) is 8.93. The number of imidazole rings is 1. The molecular weight excluding hydrogens is 339 g/mol. The van der Waals surface area contributed by atoms with E-state index in [1.165, 1.54) is 12.4 Å². The van der Waals surface area contributed by atoms with Crippen molar-refractivity contribution in [1.29, 1.82) is 0 Å². The Balaban J connectivity index is 2.10. The summed E-state index contributed by atoms with van der Waals surface area (Å²) in [5.41, 5.74) is 0. The lowest BCUT2D eigenvalue weighted by Crippen LogP contribution is -2.51. The molecule has 2 rings (SSSR count). The molecule has 0 aliphatic carbocycles. The molecule has 1 aliphatic heterocycles. The zero-order chi connectivity index (χ0) is 17.8. The SMILES string of the molecule is CCNC(=NCc1nccn1CC(F)(F)F)N1CCSC(C)(C)C1. The first-order valence-electron chi connectivity index (χ1n) is 7.94. The maximum Gasteiger partial charge on any atom is 0.406 e. The highest BCUT2D eigenvalue weighted by Gasteiger charge is 2.30. The third-order valence-electron chi connectivity index (χ3n) is 3.58. The lowest BCUT2D eigenvalue weighted by Gasteiger charge is -2.39. The lowest BCUT2D eigenvalue weighted by molar-refractivity contribution is -0.141. The number of rotatable bonds is 4. The summed E-state index contributed by atoms with van der Waals surface area (Å²) in [6, 6.07) is 0. The van der Waals surface area contributed by atoms with Crippen LogP contribution in [0.5, 0.6) is 0 Å². The van der Waals surface area contributed by atoms with Gasteiger partial charge < -0.3 is 14.8 Å². The number of hydrogen-bond acceptors (Lipinski definition) is 3. The van der Waals surface area contributed by atoms with Gasteiger partial charge in [-0.2, -0.15) is 24.9 Å². The van der Waals surface area contributed by atoms with Crippen LogP contribution in [0, 0.1) is 0 Å². The highest BCUT2D eigenvalue weighted by Crippen LogP contribution is 2.29. The minimum Gasteiger partial charge on any atom is -0.357 e. The summed E-state index contributed by atoms with van der Waals surface area (Å²) in [5.74, 6) is 2.04. The van der Waals surface area contributed by atoms with E-state index in [2.05, 4.69) is 34.0 Å². The van der Waals surface area contributed by atoms with Crippen LogP contribution in [0.4, 0.5) is 13.2 Å². The van der Waals surface area contributed by atoms with Crippen LogP contribution >= 0.6 is 11.8 Å². The summed E-state index contributed by atoms with van der Waals surface area (Å²) in [6.45, 7) is 7.85. The molecule has 0 spiro atoms. The topological polar surface area (TPSA) is 45.5 Å². The second-order valence-electron chi connectivity index (χ2n) is 6.29. The van der Waals surface area contributed by atoms with Crippen LogP contribution in [-0.2, 0) is 13.1 Å². The largest absolute Gasteiger partial charge is 0.406 e. The first-order chi connectivity index (χ1) is 11.2. The number of alkyl halides is 3. The molecule has 5 nitrogen and oxygen atoms in total. The normalized spacial score (nSPS) is 18.8. The predicted molar refractivity (Wildman–Crippen MR) is 91.2 cm³/mol. The number of guanidine groups is 1. The van der Waals surface area contributed by atoms with Gasteiger partial charge in [0.25, 0.3) is 0 Å². The first kappa shape index (κ1) is 19.0. The van der Waals surface area contributed by atoms with E-state index in [0.717, 1.165) is 29.4 Å². The Morgan fingerprint density at radius 1 is 1.46 bits per heavy atom. The molecule has 9 heteroatoms. The molecular formula is C15H24F3N5S. The molecule has 0 saturated carbocycles. The second-order valence-corrected chi connectivity index (χ2v) is 8.09. The second kappa shape index (κ2) is 7.67. The minimum absolute atomic E-state index is 0.121. The zero-order valence-electron chi connectivity index (χ0n) is 14.2. The molecule has 1 saturated heterocycles. The number of halogens is 3. The van der Waals surface area contributed by atoms with Crippen molar-refractivity contribution in [3.63, 3.8) is 0 Å². The van der Waals surface area contributed by atoms with Crippen LogP contribution in [0.2, 0.25) is 0 Å². The smallest absolute Gasteiger partial charge is 0.357 e. The molecule has 136 valence electrons. The van der Waals surface area contributed by atoms with Crippen LogP contribution in [0.25, 0.3) is 0 Å². The number of aromatic nitrogens is 2. The van der Waals surface area contributed by atoms with Crippen LogP contribution < -0.4 is 5.32 Å². The quantitative estimate of drug-likeness (QED) is 0.660.